The van der Waals surface area contributed by atoms with Crippen LogP contribution in [0.25, 0.3) is 0 Å². The number of hydrogen-bond acceptors (Lipinski definition) is 2. The summed E-state index contributed by atoms with van der Waals surface area (Å²) in [6.07, 6.45) is 7.54. The van der Waals surface area contributed by atoms with Crippen LogP contribution in [0.2, 0.25) is 0 Å². The molecule has 0 aromatic heterocycles. The van der Waals surface area contributed by atoms with Crippen LogP contribution in [-0.4, -0.2) is 37.6 Å². The van der Waals surface area contributed by atoms with E-state index in [4.69, 9.17) is 0 Å². The van der Waals surface area contributed by atoms with E-state index in [0.717, 1.165) is 19.0 Å². The summed E-state index contributed by atoms with van der Waals surface area (Å²) in [4.78, 5) is 2.46. The second kappa shape index (κ2) is 7.89. The van der Waals surface area contributed by atoms with Gasteiger partial charge in [-0.1, -0.05) is 13.0 Å². The Balaban J connectivity index is 2.05. The van der Waals surface area contributed by atoms with Gasteiger partial charge in [0.1, 0.15) is 0 Å². The van der Waals surface area contributed by atoms with Crippen LogP contribution >= 0.6 is 0 Å². The third-order valence-corrected chi connectivity index (χ3v) is 3.32. The van der Waals surface area contributed by atoms with Crippen molar-refractivity contribution in [1.29, 1.82) is 0 Å². The van der Waals surface area contributed by atoms with Gasteiger partial charge in [-0.15, -0.1) is 6.58 Å². The van der Waals surface area contributed by atoms with Gasteiger partial charge in [0.2, 0.25) is 0 Å². The highest BCUT2D eigenvalue weighted by atomic mass is 15.1. The molecule has 0 radical (unpaired) electrons. The van der Waals surface area contributed by atoms with E-state index in [9.17, 15) is 0 Å². The summed E-state index contributed by atoms with van der Waals surface area (Å²) >= 11 is 0. The Morgan fingerprint density at radius 1 is 1.53 bits per heavy atom. The van der Waals surface area contributed by atoms with Crippen LogP contribution in [0.1, 0.15) is 32.6 Å². The lowest BCUT2D eigenvalue weighted by Gasteiger charge is -2.24. The van der Waals surface area contributed by atoms with E-state index in [-0.39, 0.29) is 0 Å². The molecule has 1 heterocycles. The monoisotopic (exact) mass is 210 g/mol. The molecule has 15 heavy (non-hydrogen) atoms. The summed E-state index contributed by atoms with van der Waals surface area (Å²) < 4.78 is 0. The van der Waals surface area contributed by atoms with Gasteiger partial charge in [-0.25, -0.2) is 0 Å². The summed E-state index contributed by atoms with van der Waals surface area (Å²) in [6.45, 7) is 11.9. The molecule has 1 fully saturated rings. The van der Waals surface area contributed by atoms with Gasteiger partial charge < -0.3 is 5.32 Å². The normalized spacial score (nSPS) is 21.9. The van der Waals surface area contributed by atoms with Gasteiger partial charge in [0, 0.05) is 6.54 Å². The number of nitrogens with one attached hydrogen (secondary N) is 1. The van der Waals surface area contributed by atoms with Gasteiger partial charge in [0.05, 0.1) is 0 Å². The van der Waals surface area contributed by atoms with Crippen LogP contribution in [0.4, 0.5) is 0 Å². The van der Waals surface area contributed by atoms with Gasteiger partial charge in [0.15, 0.2) is 0 Å². The van der Waals surface area contributed by atoms with Gasteiger partial charge in [-0.2, -0.15) is 0 Å². The third kappa shape index (κ3) is 5.33. The Kier molecular flexibility index (Phi) is 6.69. The minimum Gasteiger partial charge on any atom is -0.316 e. The topological polar surface area (TPSA) is 15.3 Å². The molecule has 0 aliphatic carbocycles. The van der Waals surface area contributed by atoms with Gasteiger partial charge >= 0.3 is 0 Å². The molecular weight excluding hydrogens is 184 g/mol. The van der Waals surface area contributed by atoms with Crippen molar-refractivity contribution in [2.24, 2.45) is 5.92 Å². The molecule has 0 bridgehead atoms. The first-order chi connectivity index (χ1) is 7.36. The predicted molar refractivity (Wildman–Crippen MR) is 67.1 cm³/mol. The van der Waals surface area contributed by atoms with Gasteiger partial charge in [-0.3, -0.25) is 4.90 Å². The molecule has 0 amide bonds. The smallest absolute Gasteiger partial charge is 0.0160 e. The summed E-state index contributed by atoms with van der Waals surface area (Å²) in [5, 5.41) is 3.48. The van der Waals surface area contributed by atoms with Crippen molar-refractivity contribution in [2.75, 3.05) is 32.7 Å². The molecule has 0 aromatic carbocycles. The first-order valence-electron chi connectivity index (χ1n) is 6.40. The number of hydrogen-bond donors (Lipinski definition) is 1. The zero-order valence-electron chi connectivity index (χ0n) is 10.2. The molecular formula is C13H26N2. The first-order valence-corrected chi connectivity index (χ1v) is 6.40. The van der Waals surface area contributed by atoms with Crippen LogP contribution in [0.5, 0.6) is 0 Å². The fourth-order valence-electron chi connectivity index (χ4n) is 2.34. The Hall–Kier alpha value is -0.340. The number of piperidine rings is 1. The van der Waals surface area contributed by atoms with Crippen LogP contribution in [-0.2, 0) is 0 Å². The molecule has 0 spiro atoms. The van der Waals surface area contributed by atoms with Crippen molar-refractivity contribution in [3.8, 4) is 0 Å². The zero-order valence-corrected chi connectivity index (χ0v) is 10.2. The first kappa shape index (κ1) is 12.7. The average molecular weight is 210 g/mol. The summed E-state index contributed by atoms with van der Waals surface area (Å²) in [5.74, 6) is 0.932. The molecule has 1 saturated heterocycles. The molecule has 2 nitrogen and oxygen atoms in total. The quantitative estimate of drug-likeness (QED) is 0.649. The lowest BCUT2D eigenvalue weighted by molar-refractivity contribution is 0.283. The molecule has 88 valence electrons. The van der Waals surface area contributed by atoms with Crippen LogP contribution in [0.3, 0.4) is 0 Å². The van der Waals surface area contributed by atoms with Crippen LogP contribution < -0.4 is 5.32 Å². The van der Waals surface area contributed by atoms with E-state index in [2.05, 4.69) is 23.7 Å². The van der Waals surface area contributed by atoms with E-state index in [0.29, 0.717) is 0 Å². The minimum absolute atomic E-state index is 0.932. The Morgan fingerprint density at radius 2 is 2.40 bits per heavy atom. The molecule has 1 aliphatic rings. The maximum Gasteiger partial charge on any atom is 0.0160 e. The number of rotatable bonds is 7. The Labute approximate surface area is 94.7 Å². The largest absolute Gasteiger partial charge is 0.316 e. The van der Waals surface area contributed by atoms with E-state index < -0.39 is 0 Å². The fourth-order valence-corrected chi connectivity index (χ4v) is 2.34. The SMILES string of the molecule is C=CCN(CC)CCCC1CCCNC1. The zero-order chi connectivity index (χ0) is 10.9. The molecule has 0 aromatic rings. The Bertz CT molecular complexity index is 162. The highest BCUT2D eigenvalue weighted by Gasteiger charge is 2.12. The van der Waals surface area contributed by atoms with Crippen molar-refractivity contribution in [3.63, 3.8) is 0 Å². The average Bonchev–Trinajstić information content (AvgIpc) is 2.29. The van der Waals surface area contributed by atoms with Crippen molar-refractivity contribution in [2.45, 2.75) is 32.6 Å². The van der Waals surface area contributed by atoms with Crippen molar-refractivity contribution in [3.05, 3.63) is 12.7 Å². The maximum absolute atomic E-state index is 3.79. The number of nitrogens with zero attached hydrogens (tertiary/aromatic N) is 1. The van der Waals surface area contributed by atoms with E-state index in [1.807, 2.05) is 6.08 Å². The van der Waals surface area contributed by atoms with Crippen molar-refractivity contribution >= 4 is 0 Å². The van der Waals surface area contributed by atoms with Crippen LogP contribution in [0, 0.1) is 5.92 Å². The maximum atomic E-state index is 3.79. The van der Waals surface area contributed by atoms with Gasteiger partial charge in [0.25, 0.3) is 0 Å². The molecule has 1 unspecified atom stereocenters. The van der Waals surface area contributed by atoms with E-state index in [1.165, 1.54) is 45.3 Å². The Morgan fingerprint density at radius 3 is 3.00 bits per heavy atom. The van der Waals surface area contributed by atoms with E-state index in [1.54, 1.807) is 0 Å². The molecule has 2 heteroatoms. The summed E-state index contributed by atoms with van der Waals surface area (Å²) in [6, 6.07) is 0. The summed E-state index contributed by atoms with van der Waals surface area (Å²) in [5.41, 5.74) is 0. The summed E-state index contributed by atoms with van der Waals surface area (Å²) in [7, 11) is 0. The number of likely N-dealkylation sites (N-methyl/N-ethyl adjacent to an activating group) is 1. The second-order valence-corrected chi connectivity index (χ2v) is 4.54. The van der Waals surface area contributed by atoms with Crippen molar-refractivity contribution < 1.29 is 0 Å². The minimum atomic E-state index is 0.932. The lowest BCUT2D eigenvalue weighted by atomic mass is 9.95. The molecule has 1 rings (SSSR count). The van der Waals surface area contributed by atoms with Gasteiger partial charge in [-0.05, 0) is 57.8 Å². The van der Waals surface area contributed by atoms with Crippen molar-refractivity contribution in [1.82, 2.24) is 10.2 Å². The molecule has 1 N–H and O–H groups in total. The van der Waals surface area contributed by atoms with E-state index >= 15 is 0 Å². The predicted octanol–water partition coefficient (Wildman–Crippen LogP) is 2.27. The highest BCUT2D eigenvalue weighted by Crippen LogP contribution is 2.15. The molecule has 1 aliphatic heterocycles. The highest BCUT2D eigenvalue weighted by molar-refractivity contribution is 4.74. The fraction of sp³-hybridized carbons (Fsp3) is 0.846. The third-order valence-electron chi connectivity index (χ3n) is 3.32. The molecule has 1 atom stereocenters. The molecule has 0 saturated carbocycles. The van der Waals surface area contributed by atoms with Crippen LogP contribution in [0.15, 0.2) is 12.7 Å². The lowest BCUT2D eigenvalue weighted by Crippen LogP contribution is -2.31. The standard InChI is InChI=1S/C13H26N2/c1-3-10-15(4-2)11-6-8-13-7-5-9-14-12-13/h3,13-14H,1,4-12H2,2H3. The second-order valence-electron chi connectivity index (χ2n) is 4.54.